The average Bonchev–Trinajstić information content (AvgIpc) is 3.12. The molecule has 1 aromatic heterocycles. The van der Waals surface area contributed by atoms with E-state index in [1.54, 1.807) is 18.5 Å². The number of carbonyl (C=O) groups excluding carboxylic acids is 1. The van der Waals surface area contributed by atoms with Gasteiger partial charge in [-0.2, -0.15) is 0 Å². The lowest BCUT2D eigenvalue weighted by atomic mass is 9.98. The van der Waals surface area contributed by atoms with Crippen LogP contribution in [0.5, 0.6) is 11.5 Å². The van der Waals surface area contributed by atoms with Crippen molar-refractivity contribution >= 4 is 11.9 Å². The van der Waals surface area contributed by atoms with Gasteiger partial charge in [0.1, 0.15) is 18.2 Å². The highest BCUT2D eigenvalue weighted by Crippen LogP contribution is 2.44. The van der Waals surface area contributed by atoms with Crippen molar-refractivity contribution in [2.24, 2.45) is 0 Å². The molecule has 2 aliphatic rings. The van der Waals surface area contributed by atoms with Crippen molar-refractivity contribution in [1.29, 1.82) is 0 Å². The number of Topliss-reactive ketones (excluding diaryl/α,β-unsaturated/α-hetero) is 1. The maximum absolute atomic E-state index is 13.1. The number of ketones is 1. The molecule has 0 atom stereocenters. The first-order chi connectivity index (χ1) is 15.2. The minimum Gasteiger partial charge on any atom is -0.478 e. The van der Waals surface area contributed by atoms with Gasteiger partial charge in [-0.1, -0.05) is 30.3 Å². The molecule has 31 heavy (non-hydrogen) atoms. The van der Waals surface area contributed by atoms with Gasteiger partial charge < -0.3 is 9.47 Å². The molecule has 5 rings (SSSR count). The SMILES string of the molecule is Cc1cc2c(c3c1C(=O)/C(=C/c1ccncc1)O3)CN(CCCc1ccccc1)CO2. The van der Waals surface area contributed by atoms with E-state index in [-0.39, 0.29) is 5.78 Å². The van der Waals surface area contributed by atoms with E-state index in [1.807, 2.05) is 31.2 Å². The van der Waals surface area contributed by atoms with E-state index in [4.69, 9.17) is 9.47 Å². The molecule has 2 aromatic carbocycles. The van der Waals surface area contributed by atoms with Crippen molar-refractivity contribution in [2.75, 3.05) is 13.3 Å². The van der Waals surface area contributed by atoms with Crippen LogP contribution < -0.4 is 9.47 Å². The van der Waals surface area contributed by atoms with Gasteiger partial charge in [-0.25, -0.2) is 0 Å². The number of fused-ring (bicyclic) bond motifs is 3. The quantitative estimate of drug-likeness (QED) is 0.564. The number of hydrogen-bond acceptors (Lipinski definition) is 5. The number of allylic oxidation sites excluding steroid dienone is 1. The summed E-state index contributed by atoms with van der Waals surface area (Å²) in [5, 5.41) is 0. The third-order valence-corrected chi connectivity index (χ3v) is 5.77. The number of benzene rings is 2. The van der Waals surface area contributed by atoms with Gasteiger partial charge in [0.05, 0.1) is 11.1 Å². The van der Waals surface area contributed by atoms with E-state index in [9.17, 15) is 4.79 Å². The van der Waals surface area contributed by atoms with Crippen LogP contribution in [-0.4, -0.2) is 28.9 Å². The Bertz CT molecular complexity index is 1140. The normalized spacial score (nSPS) is 16.5. The Labute approximate surface area is 181 Å². The number of aryl methyl sites for hydroxylation is 2. The molecule has 0 aliphatic carbocycles. The number of aromatic nitrogens is 1. The third-order valence-electron chi connectivity index (χ3n) is 5.77. The van der Waals surface area contributed by atoms with E-state index >= 15 is 0 Å². The second-order valence-electron chi connectivity index (χ2n) is 8.01. The summed E-state index contributed by atoms with van der Waals surface area (Å²) in [5.41, 5.74) is 4.72. The van der Waals surface area contributed by atoms with Crippen molar-refractivity contribution in [2.45, 2.75) is 26.3 Å². The fourth-order valence-corrected chi connectivity index (χ4v) is 4.18. The Morgan fingerprint density at radius 3 is 2.74 bits per heavy atom. The average molecular weight is 412 g/mol. The lowest BCUT2D eigenvalue weighted by Crippen LogP contribution is -2.33. The fourth-order valence-electron chi connectivity index (χ4n) is 4.18. The topological polar surface area (TPSA) is 51.7 Å². The van der Waals surface area contributed by atoms with Crippen LogP contribution in [0.4, 0.5) is 0 Å². The van der Waals surface area contributed by atoms with Crippen LogP contribution in [0.15, 0.2) is 66.7 Å². The molecule has 0 bridgehead atoms. The molecule has 3 heterocycles. The first-order valence-electron chi connectivity index (χ1n) is 10.6. The Morgan fingerprint density at radius 1 is 1.13 bits per heavy atom. The molecule has 0 saturated carbocycles. The molecule has 0 N–H and O–H groups in total. The van der Waals surface area contributed by atoms with Crippen LogP contribution in [0, 0.1) is 6.92 Å². The van der Waals surface area contributed by atoms with Gasteiger partial charge in [0.15, 0.2) is 5.76 Å². The lowest BCUT2D eigenvalue weighted by Gasteiger charge is -2.30. The minimum absolute atomic E-state index is 0.0756. The summed E-state index contributed by atoms with van der Waals surface area (Å²) in [6, 6.07) is 16.2. The van der Waals surface area contributed by atoms with E-state index in [0.717, 1.165) is 41.8 Å². The number of pyridine rings is 1. The van der Waals surface area contributed by atoms with Crippen LogP contribution in [-0.2, 0) is 13.0 Å². The summed E-state index contributed by atoms with van der Waals surface area (Å²) < 4.78 is 12.1. The zero-order valence-electron chi connectivity index (χ0n) is 17.5. The summed E-state index contributed by atoms with van der Waals surface area (Å²) in [6.45, 7) is 4.12. The standard InChI is InChI=1S/C26H24N2O3/c1-18-14-22-21(16-28(17-30-22)13-5-8-19-6-3-2-4-7-19)26-24(18)25(29)23(31-26)15-20-9-11-27-12-10-20/h2-4,6-7,9-12,14-15H,5,8,13,16-17H2,1H3/b23-15-. The number of hydrogen-bond donors (Lipinski definition) is 0. The molecule has 156 valence electrons. The number of ether oxygens (including phenoxy) is 2. The molecule has 0 unspecified atom stereocenters. The monoisotopic (exact) mass is 412 g/mol. The van der Waals surface area contributed by atoms with Crippen molar-refractivity contribution in [3.05, 3.63) is 94.5 Å². The second-order valence-corrected chi connectivity index (χ2v) is 8.01. The Morgan fingerprint density at radius 2 is 1.94 bits per heavy atom. The molecule has 5 nitrogen and oxygen atoms in total. The van der Waals surface area contributed by atoms with Crippen molar-refractivity contribution in [3.63, 3.8) is 0 Å². The van der Waals surface area contributed by atoms with Crippen LogP contribution in [0.3, 0.4) is 0 Å². The molecular formula is C26H24N2O3. The Balaban J connectivity index is 1.35. The van der Waals surface area contributed by atoms with E-state index in [0.29, 0.717) is 30.3 Å². The van der Waals surface area contributed by atoms with E-state index in [2.05, 4.69) is 34.1 Å². The van der Waals surface area contributed by atoms with Crippen LogP contribution in [0.1, 0.15) is 39.0 Å². The fraction of sp³-hybridized carbons (Fsp3) is 0.231. The lowest BCUT2D eigenvalue weighted by molar-refractivity contribution is 0.0928. The van der Waals surface area contributed by atoms with Crippen LogP contribution in [0.25, 0.3) is 6.08 Å². The molecule has 0 radical (unpaired) electrons. The molecule has 0 amide bonds. The predicted molar refractivity (Wildman–Crippen MR) is 119 cm³/mol. The first-order valence-corrected chi connectivity index (χ1v) is 10.6. The minimum atomic E-state index is -0.0756. The number of carbonyl (C=O) groups is 1. The first kappa shape index (κ1) is 19.5. The van der Waals surface area contributed by atoms with Gasteiger partial charge in [0, 0.05) is 25.5 Å². The molecule has 0 saturated heterocycles. The predicted octanol–water partition coefficient (Wildman–Crippen LogP) is 4.79. The maximum Gasteiger partial charge on any atom is 0.232 e. The van der Waals surface area contributed by atoms with Crippen molar-refractivity contribution < 1.29 is 14.3 Å². The molecule has 3 aromatic rings. The highest BCUT2D eigenvalue weighted by Gasteiger charge is 2.35. The molecule has 0 spiro atoms. The van der Waals surface area contributed by atoms with Crippen molar-refractivity contribution in [1.82, 2.24) is 9.88 Å². The second kappa shape index (κ2) is 8.36. The summed E-state index contributed by atoms with van der Waals surface area (Å²) >= 11 is 0. The van der Waals surface area contributed by atoms with Crippen LogP contribution >= 0.6 is 0 Å². The Hall–Kier alpha value is -3.44. The van der Waals surface area contributed by atoms with Gasteiger partial charge in [-0.15, -0.1) is 0 Å². The highest BCUT2D eigenvalue weighted by molar-refractivity contribution is 6.15. The number of nitrogens with zero attached hydrogens (tertiary/aromatic N) is 2. The largest absolute Gasteiger partial charge is 0.478 e. The zero-order chi connectivity index (χ0) is 21.2. The summed E-state index contributed by atoms with van der Waals surface area (Å²) in [5.74, 6) is 1.73. The van der Waals surface area contributed by atoms with Crippen LogP contribution in [0.2, 0.25) is 0 Å². The highest BCUT2D eigenvalue weighted by atomic mass is 16.5. The van der Waals surface area contributed by atoms with Gasteiger partial charge in [-0.05, 0) is 60.7 Å². The van der Waals surface area contributed by atoms with Gasteiger partial charge in [0.2, 0.25) is 5.78 Å². The molecule has 0 fully saturated rings. The molecular weight excluding hydrogens is 388 g/mol. The third kappa shape index (κ3) is 3.97. The van der Waals surface area contributed by atoms with E-state index < -0.39 is 0 Å². The molecule has 5 heteroatoms. The summed E-state index contributed by atoms with van der Waals surface area (Å²) in [4.78, 5) is 19.3. The zero-order valence-corrected chi connectivity index (χ0v) is 17.5. The number of rotatable bonds is 5. The van der Waals surface area contributed by atoms with Gasteiger partial charge >= 0.3 is 0 Å². The maximum atomic E-state index is 13.1. The van der Waals surface area contributed by atoms with Crippen molar-refractivity contribution in [3.8, 4) is 11.5 Å². The van der Waals surface area contributed by atoms with E-state index in [1.165, 1.54) is 5.56 Å². The Kier molecular flexibility index (Phi) is 5.26. The molecule has 2 aliphatic heterocycles. The summed E-state index contributed by atoms with van der Waals surface area (Å²) in [6.07, 6.45) is 7.26. The smallest absolute Gasteiger partial charge is 0.232 e. The van der Waals surface area contributed by atoms with Gasteiger partial charge in [0.25, 0.3) is 0 Å². The van der Waals surface area contributed by atoms with Gasteiger partial charge in [-0.3, -0.25) is 14.7 Å². The summed E-state index contributed by atoms with van der Waals surface area (Å²) in [7, 11) is 0.